The van der Waals surface area contributed by atoms with Crippen molar-refractivity contribution in [1.82, 2.24) is 4.90 Å². The normalized spacial score (nSPS) is 23.2. The van der Waals surface area contributed by atoms with Crippen LogP contribution in [-0.4, -0.2) is 64.2 Å². The minimum atomic E-state index is -1.87. The Hall–Kier alpha value is -1.88. The molecule has 3 atom stereocenters. The van der Waals surface area contributed by atoms with Crippen LogP contribution in [0.2, 0.25) is 0 Å². The standard InChI is InChI=1S/C16H27N3O7S/c1-10(2)14(21)18-7-6-12(27)16(18,13(20)11(3)17)15(22)25-8-4-5-9-26-19(23)24/h10-12,27H,4-9,17H2,1-3H3/t11-,12?,16-/m0/s1. The number of ether oxygens (including phenoxy) is 1. The lowest BCUT2D eigenvalue weighted by atomic mass is 9.86. The maximum atomic E-state index is 12.9. The third-order valence-electron chi connectivity index (χ3n) is 4.36. The number of rotatable bonds is 10. The molecule has 0 aromatic heterocycles. The SMILES string of the molecule is CC(C)C(=O)N1CCC(S)[C@@]1(C(=O)OCCCCO[N+](=O)[O-])C(=O)[C@H](C)N. The van der Waals surface area contributed by atoms with Gasteiger partial charge in [-0.3, -0.25) is 9.59 Å². The van der Waals surface area contributed by atoms with E-state index in [0.29, 0.717) is 19.3 Å². The van der Waals surface area contributed by atoms with E-state index in [1.54, 1.807) is 13.8 Å². The van der Waals surface area contributed by atoms with E-state index in [9.17, 15) is 24.5 Å². The Kier molecular flexibility index (Phi) is 8.48. The molecule has 0 saturated carbocycles. The van der Waals surface area contributed by atoms with Gasteiger partial charge in [0.05, 0.1) is 19.3 Å². The summed E-state index contributed by atoms with van der Waals surface area (Å²) in [7, 11) is 0. The first-order chi connectivity index (χ1) is 12.6. The molecule has 1 saturated heterocycles. The second-order valence-corrected chi connectivity index (χ2v) is 7.39. The van der Waals surface area contributed by atoms with E-state index >= 15 is 0 Å². The van der Waals surface area contributed by atoms with Crippen LogP contribution in [0.3, 0.4) is 0 Å². The van der Waals surface area contributed by atoms with E-state index in [4.69, 9.17) is 10.5 Å². The zero-order valence-electron chi connectivity index (χ0n) is 15.8. The minimum Gasteiger partial charge on any atom is -0.464 e. The average molecular weight is 405 g/mol. The summed E-state index contributed by atoms with van der Waals surface area (Å²) in [5, 5.41) is 8.46. The summed E-state index contributed by atoms with van der Waals surface area (Å²) in [6, 6.07) is -0.985. The fourth-order valence-corrected chi connectivity index (χ4v) is 3.51. The summed E-state index contributed by atoms with van der Waals surface area (Å²) < 4.78 is 5.25. The maximum Gasteiger partial charge on any atom is 0.341 e. The van der Waals surface area contributed by atoms with Crippen LogP contribution in [-0.2, 0) is 24.0 Å². The smallest absolute Gasteiger partial charge is 0.341 e. The lowest BCUT2D eigenvalue weighted by molar-refractivity contribution is -0.757. The van der Waals surface area contributed by atoms with Gasteiger partial charge in [-0.2, -0.15) is 12.6 Å². The van der Waals surface area contributed by atoms with Gasteiger partial charge < -0.3 is 20.2 Å². The highest BCUT2D eigenvalue weighted by atomic mass is 32.1. The Bertz CT molecular complexity index is 584. The summed E-state index contributed by atoms with van der Waals surface area (Å²) in [6.07, 6.45) is 0.949. The van der Waals surface area contributed by atoms with Crippen LogP contribution < -0.4 is 5.73 Å². The zero-order chi connectivity index (χ0) is 20.8. The number of hydrogen-bond donors (Lipinski definition) is 2. The first kappa shape index (κ1) is 23.2. The number of esters is 1. The van der Waals surface area contributed by atoms with Gasteiger partial charge in [0.2, 0.25) is 11.4 Å². The Labute approximate surface area is 163 Å². The molecule has 0 aromatic carbocycles. The lowest BCUT2D eigenvalue weighted by Crippen LogP contribution is -2.66. The van der Waals surface area contributed by atoms with E-state index in [0.717, 1.165) is 0 Å². The third kappa shape index (κ3) is 5.10. The lowest BCUT2D eigenvalue weighted by Gasteiger charge is -2.39. The largest absolute Gasteiger partial charge is 0.464 e. The molecule has 1 amide bonds. The molecule has 1 unspecified atom stereocenters. The van der Waals surface area contributed by atoms with E-state index in [1.807, 2.05) is 0 Å². The van der Waals surface area contributed by atoms with Gasteiger partial charge in [-0.1, -0.05) is 13.8 Å². The summed E-state index contributed by atoms with van der Waals surface area (Å²) in [6.45, 7) is 4.81. The van der Waals surface area contributed by atoms with Gasteiger partial charge in [-0.05, 0) is 26.2 Å². The molecule has 154 valence electrons. The molecule has 27 heavy (non-hydrogen) atoms. The second-order valence-electron chi connectivity index (χ2n) is 6.77. The average Bonchev–Trinajstić information content (AvgIpc) is 2.93. The van der Waals surface area contributed by atoms with Gasteiger partial charge in [0.15, 0.2) is 5.78 Å². The molecule has 1 aliphatic heterocycles. The third-order valence-corrected chi connectivity index (χ3v) is 4.99. The molecule has 11 heteroatoms. The summed E-state index contributed by atoms with van der Waals surface area (Å²) in [5.74, 6) is -2.25. The molecule has 0 bridgehead atoms. The van der Waals surface area contributed by atoms with Crippen LogP contribution in [0.1, 0.15) is 40.0 Å². The van der Waals surface area contributed by atoms with Crippen molar-refractivity contribution in [3.63, 3.8) is 0 Å². The van der Waals surface area contributed by atoms with Gasteiger partial charge in [0, 0.05) is 17.7 Å². The number of likely N-dealkylation sites (tertiary alicyclic amines) is 1. The van der Waals surface area contributed by atoms with Gasteiger partial charge >= 0.3 is 5.97 Å². The Morgan fingerprint density at radius 2 is 1.89 bits per heavy atom. The number of ketones is 1. The first-order valence-electron chi connectivity index (χ1n) is 8.80. The fraction of sp³-hybridized carbons (Fsp3) is 0.812. The van der Waals surface area contributed by atoms with Crippen LogP contribution in [0, 0.1) is 16.0 Å². The predicted molar refractivity (Wildman–Crippen MR) is 98.5 cm³/mol. The van der Waals surface area contributed by atoms with Crippen molar-refractivity contribution < 1.29 is 29.0 Å². The highest BCUT2D eigenvalue weighted by Gasteiger charge is 2.62. The summed E-state index contributed by atoms with van der Waals surface area (Å²) >= 11 is 4.40. The number of unbranched alkanes of at least 4 members (excludes halogenated alkanes) is 1. The molecule has 0 spiro atoms. The topological polar surface area (TPSA) is 142 Å². The summed E-state index contributed by atoms with van der Waals surface area (Å²) in [4.78, 5) is 54.0. The number of Topliss-reactive ketones (excluding diaryl/α,β-unsaturated/α-hetero) is 1. The molecule has 1 aliphatic rings. The maximum absolute atomic E-state index is 12.9. The molecule has 0 aliphatic carbocycles. The molecule has 10 nitrogen and oxygen atoms in total. The van der Waals surface area contributed by atoms with Crippen molar-refractivity contribution in [3.05, 3.63) is 10.1 Å². The highest BCUT2D eigenvalue weighted by molar-refractivity contribution is 7.81. The minimum absolute atomic E-state index is 0.0713. The van der Waals surface area contributed by atoms with E-state index < -0.39 is 39.6 Å². The zero-order valence-corrected chi connectivity index (χ0v) is 16.6. The molecule has 1 fully saturated rings. The molecular formula is C16H27N3O7S. The van der Waals surface area contributed by atoms with Crippen LogP contribution in [0.15, 0.2) is 0 Å². The molecule has 0 aromatic rings. The molecule has 1 heterocycles. The van der Waals surface area contributed by atoms with Crippen molar-refractivity contribution in [1.29, 1.82) is 0 Å². The van der Waals surface area contributed by atoms with Gasteiger partial charge in [-0.25, -0.2) is 4.79 Å². The summed E-state index contributed by atoms with van der Waals surface area (Å²) in [5.41, 5.74) is 3.89. The second kappa shape index (κ2) is 9.88. The Morgan fingerprint density at radius 3 is 2.41 bits per heavy atom. The van der Waals surface area contributed by atoms with E-state index in [-0.39, 0.29) is 25.7 Å². The van der Waals surface area contributed by atoms with E-state index in [1.165, 1.54) is 11.8 Å². The quantitative estimate of drug-likeness (QED) is 0.132. The van der Waals surface area contributed by atoms with E-state index in [2.05, 4.69) is 17.5 Å². The monoisotopic (exact) mass is 405 g/mol. The first-order valence-corrected chi connectivity index (χ1v) is 9.32. The van der Waals surface area contributed by atoms with Gasteiger partial charge in [0.1, 0.15) is 0 Å². The number of amides is 1. The highest BCUT2D eigenvalue weighted by Crippen LogP contribution is 2.37. The molecular weight excluding hydrogens is 378 g/mol. The van der Waals surface area contributed by atoms with Crippen LogP contribution >= 0.6 is 12.6 Å². The van der Waals surface area contributed by atoms with Crippen molar-refractivity contribution >= 4 is 30.3 Å². The van der Waals surface area contributed by atoms with Crippen LogP contribution in [0.4, 0.5) is 0 Å². The molecule has 0 radical (unpaired) electrons. The Morgan fingerprint density at radius 1 is 1.30 bits per heavy atom. The number of carbonyl (C=O) groups excluding carboxylic acids is 3. The number of hydrogen-bond acceptors (Lipinski definition) is 9. The number of nitrogens with zero attached hydrogens (tertiary/aromatic N) is 2. The van der Waals surface area contributed by atoms with Crippen molar-refractivity contribution in [2.45, 2.75) is 56.9 Å². The van der Waals surface area contributed by atoms with Crippen molar-refractivity contribution in [2.75, 3.05) is 19.8 Å². The van der Waals surface area contributed by atoms with Crippen LogP contribution in [0.5, 0.6) is 0 Å². The van der Waals surface area contributed by atoms with Crippen molar-refractivity contribution in [3.8, 4) is 0 Å². The molecule has 2 N–H and O–H groups in total. The number of thiol groups is 1. The molecule has 1 rings (SSSR count). The number of carbonyl (C=O) groups is 3. The number of nitrogens with two attached hydrogens (primary N) is 1. The van der Waals surface area contributed by atoms with Crippen molar-refractivity contribution in [2.24, 2.45) is 11.7 Å². The van der Waals surface area contributed by atoms with Crippen LogP contribution in [0.25, 0.3) is 0 Å². The predicted octanol–water partition coefficient (Wildman–Crippen LogP) is 0.360. The Balaban J connectivity index is 2.95. The van der Waals surface area contributed by atoms with Gasteiger partial charge in [-0.15, -0.1) is 10.1 Å². The fourth-order valence-electron chi connectivity index (χ4n) is 3.02. The van der Waals surface area contributed by atoms with Gasteiger partial charge in [0.25, 0.3) is 5.09 Å².